The lowest BCUT2D eigenvalue weighted by Crippen LogP contribution is -2.18. The molecule has 1 heterocycles. The lowest BCUT2D eigenvalue weighted by Gasteiger charge is -2.19. The van der Waals surface area contributed by atoms with Gasteiger partial charge in [0.25, 0.3) is 0 Å². The molecule has 1 aliphatic heterocycles. The van der Waals surface area contributed by atoms with Crippen LogP contribution in [0.25, 0.3) is 0 Å². The lowest BCUT2D eigenvalue weighted by atomic mass is 10.3. The van der Waals surface area contributed by atoms with E-state index in [-0.39, 0.29) is 0 Å². The second kappa shape index (κ2) is 2.71. The minimum atomic E-state index is 0.651. The fourth-order valence-corrected chi connectivity index (χ4v) is 1.43. The normalized spacial score (nSPS) is 14.6. The van der Waals surface area contributed by atoms with Crippen molar-refractivity contribution >= 4 is 14.5 Å². The predicted octanol–water partition coefficient (Wildman–Crippen LogP) is 0.958. The van der Waals surface area contributed by atoms with Crippen LogP contribution in [0.3, 0.4) is 0 Å². The van der Waals surface area contributed by atoms with Gasteiger partial charge in [0.05, 0.1) is 0 Å². The van der Waals surface area contributed by atoms with Crippen LogP contribution in [0.1, 0.15) is 0 Å². The first-order valence-corrected chi connectivity index (χ1v) is 4.10. The molecule has 0 bridgehead atoms. The van der Waals surface area contributed by atoms with Crippen molar-refractivity contribution in [3.63, 3.8) is 0 Å². The summed E-state index contributed by atoms with van der Waals surface area (Å²) >= 11 is 0. The zero-order valence-corrected chi connectivity index (χ0v) is 7.19. The van der Waals surface area contributed by atoms with Gasteiger partial charge in [0, 0.05) is 5.30 Å². The van der Waals surface area contributed by atoms with Crippen LogP contribution in [-0.4, -0.2) is 13.2 Å². The van der Waals surface area contributed by atoms with Crippen LogP contribution in [0.5, 0.6) is 11.5 Å². The number of hydrogen-bond donors (Lipinski definition) is 0. The molecule has 1 atom stereocenters. The monoisotopic (exact) mass is 168 g/mol. The minimum Gasteiger partial charge on any atom is -0.486 e. The minimum absolute atomic E-state index is 0.651. The Balaban J connectivity index is 2.49. The van der Waals surface area contributed by atoms with Crippen LogP contribution in [0.15, 0.2) is 18.2 Å². The molecule has 1 aromatic rings. The molecule has 58 valence electrons. The summed E-state index contributed by atoms with van der Waals surface area (Å²) in [6.07, 6.45) is 0. The highest BCUT2D eigenvalue weighted by atomic mass is 31.0. The molecule has 2 rings (SSSR count). The molecule has 0 aromatic heterocycles. The zero-order valence-electron chi connectivity index (χ0n) is 6.04. The smallest absolute Gasteiger partial charge is 0.168 e. The topological polar surface area (TPSA) is 18.5 Å². The molecule has 0 spiro atoms. The molecule has 0 fully saturated rings. The molecule has 0 saturated heterocycles. The first-order valence-electron chi connectivity index (χ1n) is 3.52. The highest BCUT2D eigenvalue weighted by Crippen LogP contribution is 2.28. The first kappa shape index (κ1) is 6.93. The van der Waals surface area contributed by atoms with Crippen molar-refractivity contribution in [1.29, 1.82) is 0 Å². The van der Waals surface area contributed by atoms with E-state index < -0.39 is 0 Å². The van der Waals surface area contributed by atoms with Gasteiger partial charge in [0.15, 0.2) is 11.5 Å². The van der Waals surface area contributed by atoms with Crippen molar-refractivity contribution in [2.45, 2.75) is 0 Å². The van der Waals surface area contributed by atoms with E-state index in [4.69, 9.17) is 9.47 Å². The van der Waals surface area contributed by atoms with E-state index in [1.54, 1.807) is 0 Å². The third-order valence-electron chi connectivity index (χ3n) is 1.60. The predicted molar refractivity (Wildman–Crippen MR) is 46.8 cm³/mol. The van der Waals surface area contributed by atoms with Gasteiger partial charge < -0.3 is 9.47 Å². The number of hydrogen-bond acceptors (Lipinski definition) is 2. The molecule has 0 N–H and O–H groups in total. The lowest BCUT2D eigenvalue weighted by molar-refractivity contribution is 0.173. The molecule has 1 unspecified atom stereocenters. The van der Waals surface area contributed by atoms with Crippen LogP contribution in [-0.2, 0) is 0 Å². The Morgan fingerprint density at radius 1 is 1.18 bits per heavy atom. The standard InChI is InChI=1S/C8H9O2P/c11-7-3-1-2-6-8(7)10-5-4-9-6/h1-3H,4-5,11H2. The van der Waals surface area contributed by atoms with Crippen LogP contribution < -0.4 is 14.8 Å². The highest BCUT2D eigenvalue weighted by molar-refractivity contribution is 7.27. The van der Waals surface area contributed by atoms with Gasteiger partial charge in [-0.25, -0.2) is 0 Å². The Hall–Kier alpha value is -0.750. The third-order valence-corrected chi connectivity index (χ3v) is 2.05. The summed E-state index contributed by atoms with van der Waals surface area (Å²) in [5.74, 6) is 1.72. The third kappa shape index (κ3) is 1.19. The summed E-state index contributed by atoms with van der Waals surface area (Å²) in [5.41, 5.74) is 0. The van der Waals surface area contributed by atoms with Gasteiger partial charge in [0.2, 0.25) is 0 Å². The highest BCUT2D eigenvalue weighted by Gasteiger charge is 2.12. The van der Waals surface area contributed by atoms with E-state index in [2.05, 4.69) is 9.24 Å². The van der Waals surface area contributed by atoms with Gasteiger partial charge in [-0.15, -0.1) is 9.24 Å². The van der Waals surface area contributed by atoms with Crippen LogP contribution in [0, 0.1) is 0 Å². The molecule has 0 amide bonds. The van der Waals surface area contributed by atoms with E-state index in [0.29, 0.717) is 13.2 Å². The number of para-hydroxylation sites is 1. The van der Waals surface area contributed by atoms with Gasteiger partial charge in [-0.3, -0.25) is 0 Å². The van der Waals surface area contributed by atoms with E-state index in [1.165, 1.54) is 0 Å². The van der Waals surface area contributed by atoms with E-state index in [1.807, 2.05) is 18.2 Å². The largest absolute Gasteiger partial charge is 0.486 e. The Morgan fingerprint density at radius 3 is 2.82 bits per heavy atom. The van der Waals surface area contributed by atoms with Gasteiger partial charge in [-0.05, 0) is 6.07 Å². The molecule has 2 nitrogen and oxygen atoms in total. The fourth-order valence-electron chi connectivity index (χ4n) is 1.10. The molecular formula is C8H9O2P. The summed E-state index contributed by atoms with van der Waals surface area (Å²) in [5, 5.41) is 1.06. The summed E-state index contributed by atoms with van der Waals surface area (Å²) in [4.78, 5) is 0. The van der Waals surface area contributed by atoms with Crippen molar-refractivity contribution in [2.75, 3.05) is 13.2 Å². The van der Waals surface area contributed by atoms with E-state index in [9.17, 15) is 0 Å². The van der Waals surface area contributed by atoms with Gasteiger partial charge >= 0.3 is 0 Å². The van der Waals surface area contributed by atoms with Crippen molar-refractivity contribution in [3.05, 3.63) is 18.2 Å². The van der Waals surface area contributed by atoms with Crippen LogP contribution in [0.2, 0.25) is 0 Å². The average Bonchev–Trinajstić information content (AvgIpc) is 2.06. The van der Waals surface area contributed by atoms with E-state index >= 15 is 0 Å². The number of rotatable bonds is 0. The summed E-state index contributed by atoms with van der Waals surface area (Å²) < 4.78 is 10.8. The molecule has 11 heavy (non-hydrogen) atoms. The molecule has 0 aliphatic carbocycles. The average molecular weight is 168 g/mol. The van der Waals surface area contributed by atoms with Crippen molar-refractivity contribution in [3.8, 4) is 11.5 Å². The molecular weight excluding hydrogens is 159 g/mol. The quantitative estimate of drug-likeness (QED) is 0.537. The second-order valence-electron chi connectivity index (χ2n) is 2.37. The van der Waals surface area contributed by atoms with E-state index in [0.717, 1.165) is 16.8 Å². The van der Waals surface area contributed by atoms with Crippen LogP contribution >= 0.6 is 9.24 Å². The Morgan fingerprint density at radius 2 is 2.00 bits per heavy atom. The van der Waals surface area contributed by atoms with Gasteiger partial charge in [-0.1, -0.05) is 12.1 Å². The zero-order chi connectivity index (χ0) is 7.68. The maximum atomic E-state index is 5.41. The van der Waals surface area contributed by atoms with Gasteiger partial charge in [-0.2, -0.15) is 0 Å². The first-order chi connectivity index (χ1) is 5.38. The summed E-state index contributed by atoms with van der Waals surface area (Å²) in [7, 11) is 2.62. The number of fused-ring (bicyclic) bond motifs is 1. The van der Waals surface area contributed by atoms with Crippen molar-refractivity contribution < 1.29 is 9.47 Å². The molecule has 1 aromatic carbocycles. The Bertz CT molecular complexity index is 273. The van der Waals surface area contributed by atoms with Crippen molar-refractivity contribution in [1.82, 2.24) is 0 Å². The van der Waals surface area contributed by atoms with Crippen LogP contribution in [0.4, 0.5) is 0 Å². The second-order valence-corrected chi connectivity index (χ2v) is 2.99. The maximum absolute atomic E-state index is 5.41. The maximum Gasteiger partial charge on any atom is 0.168 e. The summed E-state index contributed by atoms with van der Waals surface area (Å²) in [6.45, 7) is 1.31. The van der Waals surface area contributed by atoms with Gasteiger partial charge in [0.1, 0.15) is 13.2 Å². The Labute approximate surface area is 67.7 Å². The fraction of sp³-hybridized carbons (Fsp3) is 0.250. The molecule has 0 radical (unpaired) electrons. The SMILES string of the molecule is Pc1cccc2c1OCCO2. The number of ether oxygens (including phenoxy) is 2. The Kier molecular flexibility index (Phi) is 1.71. The number of benzene rings is 1. The molecule has 0 saturated carbocycles. The molecule has 3 heteroatoms. The van der Waals surface area contributed by atoms with Crippen molar-refractivity contribution in [2.24, 2.45) is 0 Å². The molecule has 1 aliphatic rings. The summed E-state index contributed by atoms with van der Waals surface area (Å²) in [6, 6.07) is 5.86.